The number of thiazole rings is 1. The second-order valence-corrected chi connectivity index (χ2v) is 10.5. The number of hydrogen-bond acceptors (Lipinski definition) is 6. The van der Waals surface area contributed by atoms with Crippen molar-refractivity contribution in [2.24, 2.45) is 0 Å². The molecule has 0 radical (unpaired) electrons. The summed E-state index contributed by atoms with van der Waals surface area (Å²) >= 11 is 1.01. The van der Waals surface area contributed by atoms with E-state index in [4.69, 9.17) is 0 Å². The van der Waals surface area contributed by atoms with Gasteiger partial charge >= 0.3 is 0 Å². The summed E-state index contributed by atoms with van der Waals surface area (Å²) in [6.07, 6.45) is 0. The van der Waals surface area contributed by atoms with E-state index in [9.17, 15) is 22.0 Å². The Kier molecular flexibility index (Phi) is 6.70. The third kappa shape index (κ3) is 4.90. The van der Waals surface area contributed by atoms with E-state index in [1.165, 1.54) is 49.3 Å². The van der Waals surface area contributed by atoms with E-state index in [-0.39, 0.29) is 27.7 Å². The van der Waals surface area contributed by atoms with Crippen LogP contribution in [0.5, 0.6) is 0 Å². The van der Waals surface area contributed by atoms with Gasteiger partial charge in [0.05, 0.1) is 9.60 Å². The van der Waals surface area contributed by atoms with E-state index in [0.717, 1.165) is 21.7 Å². The number of likely N-dealkylation sites (N-methyl/N-ethyl adjacent to an activating group) is 1. The molecule has 0 saturated carbocycles. The monoisotopic (exact) mass is 468 g/mol. The molecule has 0 spiro atoms. The largest absolute Gasteiger partial charge is 0.308 e. The molecule has 31 heavy (non-hydrogen) atoms. The molecule has 2 aromatic carbocycles. The molecule has 3 aromatic rings. The van der Waals surface area contributed by atoms with Crippen molar-refractivity contribution in [3.63, 3.8) is 0 Å². The Labute approximate surface area is 183 Å². The van der Waals surface area contributed by atoms with E-state index in [1.54, 1.807) is 0 Å². The third-order valence-electron chi connectivity index (χ3n) is 4.53. The summed E-state index contributed by atoms with van der Waals surface area (Å²) in [7, 11) is 2.91. The summed E-state index contributed by atoms with van der Waals surface area (Å²) in [6, 6.07) is 7.50. The zero-order chi connectivity index (χ0) is 22.9. The predicted octanol–water partition coefficient (Wildman–Crippen LogP) is 3.03. The highest BCUT2D eigenvalue weighted by Crippen LogP contribution is 2.32. The smallest absolute Gasteiger partial charge is 0.260 e. The molecule has 166 valence electrons. The minimum atomic E-state index is -3.63. The van der Waals surface area contributed by atoms with Gasteiger partial charge in [0, 0.05) is 38.8 Å². The molecule has 0 unspecified atom stereocenters. The second kappa shape index (κ2) is 8.95. The van der Waals surface area contributed by atoms with Gasteiger partial charge in [-0.25, -0.2) is 26.5 Å². The van der Waals surface area contributed by atoms with Crippen molar-refractivity contribution in [3.05, 3.63) is 53.6 Å². The van der Waals surface area contributed by atoms with Gasteiger partial charge in [-0.2, -0.15) is 0 Å². The standard InChI is InChI=1S/C20H22F2N4O3S2/c1-24(2)9-10-26(20-23-18-16(22)11-14(21)12-17(18)30-20)19(27)13-5-7-15(8-6-13)31(28,29)25(3)4/h5-8,11-12H,9-10H2,1-4H3. The van der Waals surface area contributed by atoms with Gasteiger partial charge in [-0.3, -0.25) is 9.69 Å². The molecule has 3 rings (SSSR count). The number of fused-ring (bicyclic) bond motifs is 1. The van der Waals surface area contributed by atoms with Crippen molar-refractivity contribution < 1.29 is 22.0 Å². The fourth-order valence-corrected chi connectivity index (χ4v) is 4.71. The van der Waals surface area contributed by atoms with Crippen LogP contribution in [0, 0.1) is 11.6 Å². The van der Waals surface area contributed by atoms with E-state index < -0.39 is 27.6 Å². The molecule has 0 saturated heterocycles. The third-order valence-corrected chi connectivity index (χ3v) is 7.38. The van der Waals surface area contributed by atoms with Gasteiger partial charge in [0.15, 0.2) is 10.9 Å². The van der Waals surface area contributed by atoms with Crippen LogP contribution < -0.4 is 4.90 Å². The molecule has 0 atom stereocenters. The highest BCUT2D eigenvalue weighted by Gasteiger charge is 2.24. The first-order valence-electron chi connectivity index (χ1n) is 9.25. The first-order chi connectivity index (χ1) is 14.5. The predicted molar refractivity (Wildman–Crippen MR) is 117 cm³/mol. The molecule has 0 bridgehead atoms. The summed E-state index contributed by atoms with van der Waals surface area (Å²) < 4.78 is 53.6. The van der Waals surface area contributed by atoms with E-state index >= 15 is 0 Å². The minimum absolute atomic E-state index is 0.00326. The summed E-state index contributed by atoms with van der Waals surface area (Å²) in [5.74, 6) is -1.93. The Morgan fingerprint density at radius 2 is 1.68 bits per heavy atom. The second-order valence-electron chi connectivity index (χ2n) is 7.30. The van der Waals surface area contributed by atoms with E-state index in [0.29, 0.717) is 11.2 Å². The van der Waals surface area contributed by atoms with Crippen LogP contribution in [0.3, 0.4) is 0 Å². The van der Waals surface area contributed by atoms with Crippen molar-refractivity contribution in [1.29, 1.82) is 0 Å². The lowest BCUT2D eigenvalue weighted by molar-refractivity contribution is 0.0985. The van der Waals surface area contributed by atoms with Crippen molar-refractivity contribution in [2.75, 3.05) is 46.2 Å². The molecule has 0 N–H and O–H groups in total. The van der Waals surface area contributed by atoms with Crippen LogP contribution >= 0.6 is 11.3 Å². The van der Waals surface area contributed by atoms with Gasteiger partial charge in [0.1, 0.15) is 11.3 Å². The fraction of sp³-hybridized carbons (Fsp3) is 0.300. The zero-order valence-electron chi connectivity index (χ0n) is 17.5. The number of aromatic nitrogens is 1. The Bertz CT molecular complexity index is 1210. The number of anilines is 1. The zero-order valence-corrected chi connectivity index (χ0v) is 19.1. The summed E-state index contributed by atoms with van der Waals surface area (Å²) in [6.45, 7) is 0.763. The first kappa shape index (κ1) is 23.2. The summed E-state index contributed by atoms with van der Waals surface area (Å²) in [4.78, 5) is 20.8. The molecule has 1 amide bonds. The van der Waals surface area contributed by atoms with Gasteiger partial charge in [0.25, 0.3) is 5.91 Å². The van der Waals surface area contributed by atoms with Crippen molar-refractivity contribution in [1.82, 2.24) is 14.2 Å². The fourth-order valence-electron chi connectivity index (χ4n) is 2.78. The number of nitrogens with zero attached hydrogens (tertiary/aromatic N) is 4. The van der Waals surface area contributed by atoms with Gasteiger partial charge < -0.3 is 4.90 Å². The number of halogens is 2. The maximum atomic E-state index is 14.1. The summed E-state index contributed by atoms with van der Waals surface area (Å²) in [5.41, 5.74) is 0.249. The molecule has 1 aromatic heterocycles. The Balaban J connectivity index is 1.99. The van der Waals surface area contributed by atoms with Crippen LogP contribution in [0.2, 0.25) is 0 Å². The quantitative estimate of drug-likeness (QED) is 0.533. The molecule has 1 heterocycles. The molecule has 0 aliphatic rings. The lowest BCUT2D eigenvalue weighted by Crippen LogP contribution is -2.36. The number of benzene rings is 2. The van der Waals surface area contributed by atoms with Crippen LogP contribution in [-0.2, 0) is 10.0 Å². The highest BCUT2D eigenvalue weighted by molar-refractivity contribution is 7.89. The topological polar surface area (TPSA) is 73.8 Å². The van der Waals surface area contributed by atoms with Crippen LogP contribution in [0.1, 0.15) is 10.4 Å². The number of rotatable bonds is 7. The average Bonchev–Trinajstić information content (AvgIpc) is 3.11. The SMILES string of the molecule is CN(C)CCN(C(=O)c1ccc(S(=O)(=O)N(C)C)cc1)c1nc2c(F)cc(F)cc2s1. The lowest BCUT2D eigenvalue weighted by Gasteiger charge is -2.22. The highest BCUT2D eigenvalue weighted by atomic mass is 32.2. The number of amides is 1. The first-order valence-corrected chi connectivity index (χ1v) is 11.5. The van der Waals surface area contributed by atoms with Gasteiger partial charge in [-0.1, -0.05) is 11.3 Å². The Morgan fingerprint density at radius 1 is 1.03 bits per heavy atom. The molecular formula is C20H22F2N4O3S2. The van der Waals surface area contributed by atoms with Gasteiger partial charge in [0.2, 0.25) is 10.0 Å². The van der Waals surface area contributed by atoms with Crippen LogP contribution in [0.25, 0.3) is 10.2 Å². The van der Waals surface area contributed by atoms with E-state index in [2.05, 4.69) is 4.98 Å². The van der Waals surface area contributed by atoms with Gasteiger partial charge in [-0.15, -0.1) is 0 Å². The molecule has 11 heteroatoms. The molecule has 7 nitrogen and oxygen atoms in total. The van der Waals surface area contributed by atoms with Crippen LogP contribution in [0.4, 0.5) is 13.9 Å². The number of hydrogen-bond donors (Lipinski definition) is 0. The molecule has 0 aliphatic heterocycles. The average molecular weight is 469 g/mol. The normalized spacial score (nSPS) is 12.1. The molecule has 0 fully saturated rings. The van der Waals surface area contributed by atoms with E-state index in [1.807, 2.05) is 19.0 Å². The van der Waals surface area contributed by atoms with Gasteiger partial charge in [-0.05, 0) is 44.4 Å². The Hall–Kier alpha value is -2.47. The maximum absolute atomic E-state index is 14.1. The van der Waals surface area contributed by atoms with Crippen molar-refractivity contribution in [2.45, 2.75) is 4.90 Å². The Morgan fingerprint density at radius 3 is 2.26 bits per heavy atom. The number of carbonyl (C=O) groups excluding carboxylic acids is 1. The number of sulfonamides is 1. The molecular weight excluding hydrogens is 446 g/mol. The lowest BCUT2D eigenvalue weighted by atomic mass is 10.2. The minimum Gasteiger partial charge on any atom is -0.308 e. The maximum Gasteiger partial charge on any atom is 0.260 e. The van der Waals surface area contributed by atoms with Crippen LogP contribution in [0.15, 0.2) is 41.3 Å². The summed E-state index contributed by atoms with van der Waals surface area (Å²) in [5, 5.41) is 0.233. The van der Waals surface area contributed by atoms with Crippen molar-refractivity contribution in [3.8, 4) is 0 Å². The van der Waals surface area contributed by atoms with Crippen LogP contribution in [-0.4, -0.2) is 69.8 Å². The molecule has 0 aliphatic carbocycles. The number of carbonyl (C=O) groups is 1. The van der Waals surface area contributed by atoms with Crippen molar-refractivity contribution >= 4 is 42.6 Å².